The number of anilines is 1. The second kappa shape index (κ2) is 11.4. The van der Waals surface area contributed by atoms with Gasteiger partial charge in [-0.2, -0.15) is 0 Å². The fourth-order valence-corrected chi connectivity index (χ4v) is 6.86. The van der Waals surface area contributed by atoms with Gasteiger partial charge in [0, 0.05) is 35.3 Å². The molecule has 1 saturated heterocycles. The van der Waals surface area contributed by atoms with E-state index in [0.29, 0.717) is 25.9 Å². The Kier molecular flexibility index (Phi) is 8.31. The summed E-state index contributed by atoms with van der Waals surface area (Å²) in [5.41, 5.74) is 4.86. The second-order valence-electron chi connectivity index (χ2n) is 9.10. The van der Waals surface area contributed by atoms with Gasteiger partial charge in [-0.15, -0.1) is 11.8 Å². The number of aryl methyl sites for hydroxylation is 2. The van der Waals surface area contributed by atoms with Crippen molar-refractivity contribution in [2.45, 2.75) is 43.1 Å². The van der Waals surface area contributed by atoms with Crippen LogP contribution in [0, 0.1) is 19.8 Å². The molecule has 0 spiro atoms. The molecule has 0 aromatic heterocycles. The minimum absolute atomic E-state index is 0.00460. The summed E-state index contributed by atoms with van der Waals surface area (Å²) >= 11 is 1.79. The van der Waals surface area contributed by atoms with Crippen molar-refractivity contribution in [1.82, 2.24) is 4.31 Å². The van der Waals surface area contributed by atoms with Crippen molar-refractivity contribution in [3.05, 3.63) is 95.1 Å². The van der Waals surface area contributed by atoms with Crippen LogP contribution in [0.15, 0.2) is 77.7 Å². The second-order valence-corrected chi connectivity index (χ2v) is 12.1. The number of piperidine rings is 1. The predicted octanol–water partition coefficient (Wildman–Crippen LogP) is 5.78. The SMILES string of the molecule is Cc1ccccc1CS(=O)(=O)N1CCC(C(=O)Nc2ccc(CSc3ccccc3)cc2C)CC1. The molecule has 5 nitrogen and oxygen atoms in total. The van der Waals surface area contributed by atoms with Gasteiger partial charge < -0.3 is 5.32 Å². The number of carbonyl (C=O) groups is 1. The summed E-state index contributed by atoms with van der Waals surface area (Å²) in [7, 11) is -3.40. The Morgan fingerprint density at radius 2 is 1.63 bits per heavy atom. The highest BCUT2D eigenvalue weighted by Gasteiger charge is 2.31. The number of thioether (sulfide) groups is 1. The summed E-state index contributed by atoms with van der Waals surface area (Å²) in [6, 6.07) is 24.0. The molecule has 3 aromatic carbocycles. The van der Waals surface area contributed by atoms with Gasteiger partial charge in [0.05, 0.1) is 5.75 Å². The molecule has 0 saturated carbocycles. The average Bonchev–Trinajstić information content (AvgIpc) is 2.86. The van der Waals surface area contributed by atoms with Crippen molar-refractivity contribution in [1.29, 1.82) is 0 Å². The van der Waals surface area contributed by atoms with Crippen LogP contribution in [0.3, 0.4) is 0 Å². The molecule has 4 rings (SSSR count). The van der Waals surface area contributed by atoms with E-state index in [1.165, 1.54) is 14.8 Å². The quantitative estimate of drug-likeness (QED) is 0.392. The minimum Gasteiger partial charge on any atom is -0.326 e. The van der Waals surface area contributed by atoms with Gasteiger partial charge in [-0.25, -0.2) is 12.7 Å². The summed E-state index contributed by atoms with van der Waals surface area (Å²) in [4.78, 5) is 14.2. The topological polar surface area (TPSA) is 66.5 Å². The Bertz CT molecular complexity index is 1270. The van der Waals surface area contributed by atoms with Crippen molar-refractivity contribution in [3.8, 4) is 0 Å². The number of rotatable bonds is 8. The standard InChI is InChI=1S/C28H32N2O3S2/c1-21-8-6-7-9-25(21)20-35(32,33)30-16-14-24(15-17-30)28(31)29-27-13-12-23(18-22(27)2)19-34-26-10-4-3-5-11-26/h3-13,18,24H,14-17,19-20H2,1-2H3,(H,29,31). The maximum absolute atomic E-state index is 12.9. The molecule has 184 valence electrons. The Labute approximate surface area is 213 Å². The van der Waals surface area contributed by atoms with Crippen molar-refractivity contribution in [2.24, 2.45) is 5.92 Å². The monoisotopic (exact) mass is 508 g/mol. The van der Waals surface area contributed by atoms with Gasteiger partial charge in [-0.1, -0.05) is 54.6 Å². The van der Waals surface area contributed by atoms with Gasteiger partial charge in [0.25, 0.3) is 0 Å². The highest BCUT2D eigenvalue weighted by Crippen LogP contribution is 2.27. The van der Waals surface area contributed by atoms with Crippen LogP contribution in [-0.4, -0.2) is 31.7 Å². The Balaban J connectivity index is 1.29. The molecule has 1 fully saturated rings. The van der Waals surface area contributed by atoms with Crippen molar-refractivity contribution >= 4 is 33.4 Å². The minimum atomic E-state index is -3.40. The lowest BCUT2D eigenvalue weighted by molar-refractivity contribution is -0.120. The van der Waals surface area contributed by atoms with E-state index < -0.39 is 10.0 Å². The van der Waals surface area contributed by atoms with E-state index in [-0.39, 0.29) is 17.6 Å². The van der Waals surface area contributed by atoms with Crippen molar-refractivity contribution in [3.63, 3.8) is 0 Å². The zero-order valence-corrected chi connectivity index (χ0v) is 21.9. The lowest BCUT2D eigenvalue weighted by atomic mass is 9.97. The molecule has 7 heteroatoms. The molecular formula is C28H32N2O3S2. The lowest BCUT2D eigenvalue weighted by Crippen LogP contribution is -2.42. The third-order valence-corrected chi connectivity index (χ3v) is 9.43. The summed E-state index contributed by atoms with van der Waals surface area (Å²) in [6.07, 6.45) is 1.06. The molecule has 35 heavy (non-hydrogen) atoms. The largest absolute Gasteiger partial charge is 0.326 e. The molecule has 1 amide bonds. The van der Waals surface area contributed by atoms with Crippen LogP contribution in [0.1, 0.15) is 35.1 Å². The van der Waals surface area contributed by atoms with E-state index in [1.54, 1.807) is 11.8 Å². The number of nitrogens with one attached hydrogen (secondary N) is 1. The third-order valence-electron chi connectivity index (χ3n) is 6.51. The van der Waals surface area contributed by atoms with E-state index in [1.807, 2.05) is 62.4 Å². The summed E-state index contributed by atoms with van der Waals surface area (Å²) in [6.45, 7) is 4.69. The summed E-state index contributed by atoms with van der Waals surface area (Å²) in [5, 5.41) is 3.07. The zero-order valence-electron chi connectivity index (χ0n) is 20.2. The van der Waals surface area contributed by atoms with E-state index in [9.17, 15) is 13.2 Å². The maximum Gasteiger partial charge on any atom is 0.227 e. The molecule has 0 unspecified atom stereocenters. The van der Waals surface area contributed by atoms with Crippen LogP contribution in [0.4, 0.5) is 5.69 Å². The first-order valence-electron chi connectivity index (χ1n) is 11.9. The van der Waals surface area contributed by atoms with Gasteiger partial charge in [0.2, 0.25) is 15.9 Å². The van der Waals surface area contributed by atoms with E-state index in [4.69, 9.17) is 0 Å². The van der Waals surface area contributed by atoms with Crippen LogP contribution in [0.25, 0.3) is 0 Å². The first kappa shape index (κ1) is 25.5. The first-order chi connectivity index (χ1) is 16.8. The highest BCUT2D eigenvalue weighted by atomic mass is 32.2. The maximum atomic E-state index is 12.9. The normalized spacial score (nSPS) is 15.1. The van der Waals surface area contributed by atoms with E-state index in [2.05, 4.69) is 29.6 Å². The number of hydrogen-bond donors (Lipinski definition) is 1. The van der Waals surface area contributed by atoms with Gasteiger partial charge in [0.15, 0.2) is 0 Å². The van der Waals surface area contributed by atoms with Gasteiger partial charge in [0.1, 0.15) is 0 Å². The molecule has 1 aliphatic heterocycles. The Hall–Kier alpha value is -2.61. The molecule has 3 aromatic rings. The van der Waals surface area contributed by atoms with Crippen LogP contribution < -0.4 is 5.32 Å². The van der Waals surface area contributed by atoms with Crippen molar-refractivity contribution < 1.29 is 13.2 Å². The van der Waals surface area contributed by atoms with Crippen LogP contribution in [-0.2, 0) is 26.3 Å². The molecule has 1 aliphatic rings. The third kappa shape index (κ3) is 6.75. The number of carbonyl (C=O) groups excluding carboxylic acids is 1. The fourth-order valence-electron chi connectivity index (χ4n) is 4.33. The van der Waals surface area contributed by atoms with E-state index >= 15 is 0 Å². The molecular weight excluding hydrogens is 476 g/mol. The summed E-state index contributed by atoms with van der Waals surface area (Å²) in [5.74, 6) is 0.655. The van der Waals surface area contributed by atoms with Crippen LogP contribution in [0.2, 0.25) is 0 Å². The summed E-state index contributed by atoms with van der Waals surface area (Å²) < 4.78 is 27.4. The predicted molar refractivity (Wildman–Crippen MR) is 144 cm³/mol. The Morgan fingerprint density at radius 3 is 2.31 bits per heavy atom. The van der Waals surface area contributed by atoms with Gasteiger partial charge in [-0.3, -0.25) is 4.79 Å². The van der Waals surface area contributed by atoms with Crippen molar-refractivity contribution in [2.75, 3.05) is 18.4 Å². The number of hydrogen-bond acceptors (Lipinski definition) is 4. The molecule has 0 bridgehead atoms. The number of nitrogens with zero attached hydrogens (tertiary/aromatic N) is 1. The molecule has 0 radical (unpaired) electrons. The number of sulfonamides is 1. The average molecular weight is 509 g/mol. The zero-order chi connectivity index (χ0) is 24.8. The molecule has 0 atom stereocenters. The fraction of sp³-hybridized carbons (Fsp3) is 0.321. The highest BCUT2D eigenvalue weighted by molar-refractivity contribution is 7.98. The Morgan fingerprint density at radius 1 is 0.943 bits per heavy atom. The van der Waals surface area contributed by atoms with Crippen LogP contribution >= 0.6 is 11.8 Å². The molecule has 1 heterocycles. The smallest absolute Gasteiger partial charge is 0.227 e. The van der Waals surface area contributed by atoms with Gasteiger partial charge in [-0.05, 0) is 67.1 Å². The van der Waals surface area contributed by atoms with Gasteiger partial charge >= 0.3 is 0 Å². The molecule has 0 aliphatic carbocycles. The van der Waals surface area contributed by atoms with E-state index in [0.717, 1.165) is 28.1 Å². The number of benzene rings is 3. The number of amides is 1. The molecule has 1 N–H and O–H groups in total. The lowest BCUT2D eigenvalue weighted by Gasteiger charge is -2.30. The first-order valence-corrected chi connectivity index (χ1v) is 14.5. The van der Waals surface area contributed by atoms with Crippen LogP contribution in [0.5, 0.6) is 0 Å².